The van der Waals surface area contributed by atoms with E-state index in [2.05, 4.69) is 15.2 Å². The minimum atomic E-state index is -1.47. The number of amidine groups is 1. The lowest BCUT2D eigenvalue weighted by Crippen LogP contribution is -2.53. The summed E-state index contributed by atoms with van der Waals surface area (Å²) in [6.07, 6.45) is 0.629. The molecule has 43 heavy (non-hydrogen) atoms. The molecule has 2 aromatic rings. The summed E-state index contributed by atoms with van der Waals surface area (Å²) in [5.74, 6) is -0.748. The Labute approximate surface area is 258 Å². The maximum Gasteiger partial charge on any atom is 0.338 e. The molecule has 0 saturated carbocycles. The molecule has 11 nitrogen and oxygen atoms in total. The molecule has 1 aromatic heterocycles. The maximum absolute atomic E-state index is 14.6. The van der Waals surface area contributed by atoms with Gasteiger partial charge in [0.05, 0.1) is 23.2 Å². The molecule has 14 heteroatoms. The summed E-state index contributed by atoms with van der Waals surface area (Å²) in [4.78, 5) is 41.5. The van der Waals surface area contributed by atoms with Crippen molar-refractivity contribution < 1.29 is 28.9 Å². The Morgan fingerprint density at radius 1 is 1.30 bits per heavy atom. The van der Waals surface area contributed by atoms with Crippen LogP contribution in [0.2, 0.25) is 5.02 Å². The zero-order valence-electron chi connectivity index (χ0n) is 24.3. The molecule has 0 bridgehead atoms. The molecule has 2 atom stereocenters. The number of aliphatic hydroxyl groups excluding tert-OH is 1. The van der Waals surface area contributed by atoms with Gasteiger partial charge in [0, 0.05) is 67.5 Å². The van der Waals surface area contributed by atoms with Crippen molar-refractivity contribution >= 4 is 40.8 Å². The van der Waals surface area contributed by atoms with E-state index in [1.165, 1.54) is 23.5 Å². The van der Waals surface area contributed by atoms with Crippen molar-refractivity contribution in [3.05, 3.63) is 62.5 Å². The van der Waals surface area contributed by atoms with Gasteiger partial charge in [-0.3, -0.25) is 9.89 Å². The second kappa shape index (κ2) is 12.9. The summed E-state index contributed by atoms with van der Waals surface area (Å²) < 4.78 is 20.0. The smallest absolute Gasteiger partial charge is 0.338 e. The van der Waals surface area contributed by atoms with E-state index in [9.17, 15) is 24.2 Å². The number of esters is 1. The van der Waals surface area contributed by atoms with Crippen LogP contribution in [0.1, 0.15) is 43.8 Å². The molecule has 3 N–H and O–H groups in total. The number of ether oxygens (including phenoxy) is 1. The molecule has 232 valence electrons. The predicted molar refractivity (Wildman–Crippen MR) is 160 cm³/mol. The molecule has 3 aliphatic rings. The number of benzene rings is 1. The van der Waals surface area contributed by atoms with Crippen LogP contribution in [0.25, 0.3) is 0 Å². The SMILES string of the molecule is CCOC(=O)C1=C(CN2CCN3C(=O)N(CCC(C)(C)C(O)O)C[C@@H]3C2)NC(c2nccs2)=N[C@H]1c1cccc(F)c1Cl. The van der Waals surface area contributed by atoms with E-state index in [1.807, 2.05) is 10.3 Å². The van der Waals surface area contributed by atoms with Crippen molar-refractivity contribution in [3.63, 3.8) is 0 Å². The highest BCUT2D eigenvalue weighted by Crippen LogP contribution is 2.38. The van der Waals surface area contributed by atoms with Crippen LogP contribution in [0, 0.1) is 11.2 Å². The summed E-state index contributed by atoms with van der Waals surface area (Å²) >= 11 is 7.79. The van der Waals surface area contributed by atoms with Gasteiger partial charge in [0.25, 0.3) is 0 Å². The highest BCUT2D eigenvalue weighted by atomic mass is 35.5. The summed E-state index contributed by atoms with van der Waals surface area (Å²) in [5.41, 5.74) is 0.398. The maximum atomic E-state index is 14.6. The third-order valence-electron chi connectivity index (χ3n) is 8.15. The van der Waals surface area contributed by atoms with Crippen molar-refractivity contribution in [2.75, 3.05) is 45.9 Å². The molecule has 3 aliphatic heterocycles. The van der Waals surface area contributed by atoms with Gasteiger partial charge in [0.1, 0.15) is 11.9 Å². The first-order valence-electron chi connectivity index (χ1n) is 14.2. The number of amides is 2. The van der Waals surface area contributed by atoms with Gasteiger partial charge in [0.15, 0.2) is 17.1 Å². The third-order valence-corrected chi connectivity index (χ3v) is 9.33. The number of hydrogen-bond acceptors (Lipinski definition) is 10. The lowest BCUT2D eigenvalue weighted by molar-refractivity contribution is -0.139. The number of aliphatic hydroxyl groups is 2. The number of fused-ring (bicyclic) bond motifs is 1. The number of nitrogens with zero attached hydrogens (tertiary/aromatic N) is 5. The van der Waals surface area contributed by atoms with E-state index < -0.39 is 29.5 Å². The van der Waals surface area contributed by atoms with E-state index >= 15 is 0 Å². The molecule has 4 heterocycles. The first-order valence-corrected chi connectivity index (χ1v) is 15.5. The summed E-state index contributed by atoms with van der Waals surface area (Å²) in [7, 11) is 0. The highest BCUT2D eigenvalue weighted by molar-refractivity contribution is 7.11. The highest BCUT2D eigenvalue weighted by Gasteiger charge is 2.42. The van der Waals surface area contributed by atoms with Crippen molar-refractivity contribution in [1.29, 1.82) is 0 Å². The molecule has 0 radical (unpaired) electrons. The number of carbonyl (C=O) groups excluding carboxylic acids is 2. The number of carbonyl (C=O) groups is 2. The molecular formula is C29H36ClFN6O5S. The fraction of sp³-hybridized carbons (Fsp3) is 0.517. The third kappa shape index (κ3) is 6.55. The van der Waals surface area contributed by atoms with Crippen molar-refractivity contribution in [2.45, 2.75) is 45.6 Å². The van der Waals surface area contributed by atoms with Crippen LogP contribution in [0.15, 0.2) is 46.0 Å². The monoisotopic (exact) mass is 634 g/mol. The number of halogens is 2. The Bertz CT molecular complexity index is 1420. The van der Waals surface area contributed by atoms with Gasteiger partial charge in [-0.2, -0.15) is 0 Å². The second-order valence-corrected chi connectivity index (χ2v) is 12.8. The summed E-state index contributed by atoms with van der Waals surface area (Å²) in [6, 6.07) is 3.38. The van der Waals surface area contributed by atoms with Crippen LogP contribution in [0.4, 0.5) is 9.18 Å². The molecule has 2 amide bonds. The Hall–Kier alpha value is -3.10. The van der Waals surface area contributed by atoms with Crippen molar-refractivity contribution in [3.8, 4) is 0 Å². The van der Waals surface area contributed by atoms with Crippen LogP contribution >= 0.6 is 22.9 Å². The molecule has 2 saturated heterocycles. The standard InChI is InChI=1S/C29H36ClFN6O5S/c1-4-42-26(38)21-20(33-24(25-32-9-13-43-25)34-23(21)18-6-5-7-19(31)22(18)30)16-35-11-12-37-17(14-35)15-36(28(37)41)10-8-29(2,3)27(39)40/h5-7,9,13,17,23,27,39-40H,4,8,10-12,14-16H2,1-3H3,(H,33,34)/t17-,23-/m0/s1. The minimum absolute atomic E-state index is 0.0610. The number of hydrogen-bond donors (Lipinski definition) is 3. The predicted octanol–water partition coefficient (Wildman–Crippen LogP) is 2.99. The number of aromatic nitrogens is 1. The average Bonchev–Trinajstić information content (AvgIpc) is 3.61. The number of thiazole rings is 1. The number of aliphatic imine (C=N–C) groups is 1. The van der Waals surface area contributed by atoms with Crippen LogP contribution < -0.4 is 5.32 Å². The van der Waals surface area contributed by atoms with Crippen LogP contribution in [0.3, 0.4) is 0 Å². The van der Waals surface area contributed by atoms with Gasteiger partial charge >= 0.3 is 12.0 Å². The molecule has 0 spiro atoms. The molecular weight excluding hydrogens is 599 g/mol. The van der Waals surface area contributed by atoms with Crippen molar-refractivity contribution in [2.24, 2.45) is 10.4 Å². The summed E-state index contributed by atoms with van der Waals surface area (Å²) in [6.45, 7) is 8.25. The fourth-order valence-electron chi connectivity index (χ4n) is 5.52. The number of rotatable bonds is 10. The molecule has 0 aliphatic carbocycles. The average molecular weight is 635 g/mol. The topological polar surface area (TPSA) is 131 Å². The number of urea groups is 1. The Morgan fingerprint density at radius 2 is 2.09 bits per heavy atom. The van der Waals surface area contributed by atoms with Crippen molar-refractivity contribution in [1.82, 2.24) is 25.0 Å². The van der Waals surface area contributed by atoms with Crippen LogP contribution in [-0.2, 0) is 9.53 Å². The molecule has 0 unspecified atom stereocenters. The van der Waals surface area contributed by atoms with E-state index in [1.54, 1.807) is 37.9 Å². The Kier molecular flexibility index (Phi) is 9.37. The van der Waals surface area contributed by atoms with E-state index in [0.717, 1.165) is 0 Å². The van der Waals surface area contributed by atoms with Gasteiger partial charge in [-0.05, 0) is 19.4 Å². The fourth-order valence-corrected chi connectivity index (χ4v) is 6.34. The largest absolute Gasteiger partial charge is 0.463 e. The van der Waals surface area contributed by atoms with Gasteiger partial charge in [-0.15, -0.1) is 11.3 Å². The van der Waals surface area contributed by atoms with Crippen LogP contribution in [-0.4, -0.2) is 106 Å². The lowest BCUT2D eigenvalue weighted by Gasteiger charge is -2.38. The van der Waals surface area contributed by atoms with Gasteiger partial charge < -0.3 is 30.1 Å². The molecule has 1 aromatic carbocycles. The Morgan fingerprint density at radius 3 is 2.79 bits per heavy atom. The quantitative estimate of drug-likeness (QED) is 0.269. The van der Waals surface area contributed by atoms with Gasteiger partial charge in [-0.25, -0.2) is 19.0 Å². The first-order chi connectivity index (χ1) is 20.5. The zero-order valence-corrected chi connectivity index (χ0v) is 25.9. The van der Waals surface area contributed by atoms with E-state index in [0.29, 0.717) is 67.8 Å². The number of piperazine rings is 1. The van der Waals surface area contributed by atoms with E-state index in [4.69, 9.17) is 21.3 Å². The van der Waals surface area contributed by atoms with Crippen LogP contribution in [0.5, 0.6) is 0 Å². The van der Waals surface area contributed by atoms with E-state index in [-0.39, 0.29) is 29.3 Å². The summed E-state index contributed by atoms with van der Waals surface area (Å²) in [5, 5.41) is 24.9. The van der Waals surface area contributed by atoms with Gasteiger partial charge in [0.2, 0.25) is 0 Å². The molecule has 5 rings (SSSR count). The lowest BCUT2D eigenvalue weighted by atomic mass is 9.88. The second-order valence-electron chi connectivity index (χ2n) is 11.5. The molecule has 2 fully saturated rings. The Balaban J connectivity index is 1.41. The van der Waals surface area contributed by atoms with Gasteiger partial charge in [-0.1, -0.05) is 37.6 Å². The first kappa shape index (κ1) is 31.3. The zero-order chi connectivity index (χ0) is 30.9. The normalized spacial score (nSPS) is 21.3. The number of nitrogens with one attached hydrogen (secondary N) is 1. The minimum Gasteiger partial charge on any atom is -0.463 e.